The number of ether oxygens (including phenoxy) is 1. The summed E-state index contributed by atoms with van der Waals surface area (Å²) < 4.78 is 5.17. The monoisotopic (exact) mass is 385 g/mol. The summed E-state index contributed by atoms with van der Waals surface area (Å²) in [6.45, 7) is 2.54. The van der Waals surface area contributed by atoms with Gasteiger partial charge in [-0.3, -0.25) is 19.7 Å². The van der Waals surface area contributed by atoms with Crippen LogP contribution in [0.4, 0.5) is 4.79 Å². The quantitative estimate of drug-likeness (QED) is 0.522. The van der Waals surface area contributed by atoms with Gasteiger partial charge in [0, 0.05) is 25.1 Å². The Kier molecular flexibility index (Phi) is 5.48. The maximum atomic E-state index is 12.7. The van der Waals surface area contributed by atoms with E-state index in [-0.39, 0.29) is 31.1 Å². The van der Waals surface area contributed by atoms with E-state index in [1.165, 1.54) is 13.2 Å². The number of carbonyl (C=O) groups is 4. The van der Waals surface area contributed by atoms with Crippen molar-refractivity contribution < 1.29 is 23.9 Å². The Labute approximate surface area is 162 Å². The van der Waals surface area contributed by atoms with E-state index in [0.717, 1.165) is 5.56 Å². The van der Waals surface area contributed by atoms with Crippen LogP contribution in [0.5, 0.6) is 5.75 Å². The zero-order valence-corrected chi connectivity index (χ0v) is 15.9. The maximum Gasteiger partial charge on any atom is 0.322 e. The molecule has 0 radical (unpaired) electrons. The number of amides is 4. The number of fused-ring (bicyclic) bond motifs is 1. The Morgan fingerprint density at radius 3 is 2.75 bits per heavy atom. The molecule has 2 aliphatic rings. The van der Waals surface area contributed by atoms with Crippen LogP contribution in [0.2, 0.25) is 0 Å². The first-order chi connectivity index (χ1) is 13.4. The zero-order chi connectivity index (χ0) is 20.3. The number of ketones is 1. The standard InChI is InChI=1S/C20H23N3O5/c1-3-4-5-14(24)11-20(18(26)21-19(27)22-20)8-9-23-12-13-6-7-15(28-2)10-16(13)17(23)25/h4-7,10H,3,8-9,11-12H2,1-2H3,(H2,21,22,26,27)/b5-4-. The number of nitrogens with one attached hydrogen (secondary N) is 2. The third kappa shape index (κ3) is 3.76. The Hall–Kier alpha value is -3.16. The molecule has 1 fully saturated rings. The smallest absolute Gasteiger partial charge is 0.322 e. The van der Waals surface area contributed by atoms with Crippen LogP contribution in [-0.4, -0.2) is 47.7 Å². The Morgan fingerprint density at radius 2 is 2.11 bits per heavy atom. The normalized spacial score (nSPS) is 21.1. The number of allylic oxidation sites excluding steroid dienone is 2. The van der Waals surface area contributed by atoms with Crippen molar-refractivity contribution in [3.63, 3.8) is 0 Å². The van der Waals surface area contributed by atoms with Crippen LogP contribution in [0.25, 0.3) is 0 Å². The number of imide groups is 1. The second-order valence-corrected chi connectivity index (χ2v) is 6.94. The fourth-order valence-corrected chi connectivity index (χ4v) is 3.50. The van der Waals surface area contributed by atoms with Crippen molar-refractivity contribution in [1.82, 2.24) is 15.5 Å². The highest BCUT2D eigenvalue weighted by atomic mass is 16.5. The van der Waals surface area contributed by atoms with Crippen LogP contribution in [0, 0.1) is 0 Å². The molecule has 1 aromatic rings. The van der Waals surface area contributed by atoms with Gasteiger partial charge in [0.05, 0.1) is 7.11 Å². The van der Waals surface area contributed by atoms with E-state index in [2.05, 4.69) is 10.6 Å². The minimum Gasteiger partial charge on any atom is -0.497 e. The van der Waals surface area contributed by atoms with E-state index in [1.807, 2.05) is 13.0 Å². The highest BCUT2D eigenvalue weighted by Gasteiger charge is 2.47. The van der Waals surface area contributed by atoms with Crippen LogP contribution in [-0.2, 0) is 16.1 Å². The van der Waals surface area contributed by atoms with Gasteiger partial charge < -0.3 is 15.0 Å². The predicted molar refractivity (Wildman–Crippen MR) is 101 cm³/mol. The van der Waals surface area contributed by atoms with Gasteiger partial charge in [0.15, 0.2) is 5.78 Å². The third-order valence-electron chi connectivity index (χ3n) is 5.03. The minimum atomic E-state index is -1.35. The van der Waals surface area contributed by atoms with Crippen LogP contribution in [0.1, 0.15) is 42.1 Å². The van der Waals surface area contributed by atoms with Crippen molar-refractivity contribution >= 4 is 23.6 Å². The number of rotatable bonds is 8. The number of carbonyl (C=O) groups excluding carboxylic acids is 4. The average Bonchev–Trinajstić information content (AvgIpc) is 3.13. The number of urea groups is 1. The molecule has 1 atom stereocenters. The number of methoxy groups -OCH3 is 1. The summed E-state index contributed by atoms with van der Waals surface area (Å²) in [5, 5.41) is 4.79. The third-order valence-corrected chi connectivity index (χ3v) is 5.03. The van der Waals surface area contributed by atoms with Crippen LogP contribution in [0.15, 0.2) is 30.4 Å². The molecule has 0 saturated carbocycles. The molecule has 1 aromatic carbocycles. The van der Waals surface area contributed by atoms with Crippen molar-refractivity contribution in [2.75, 3.05) is 13.7 Å². The van der Waals surface area contributed by atoms with Crippen molar-refractivity contribution in [1.29, 1.82) is 0 Å². The van der Waals surface area contributed by atoms with Gasteiger partial charge in [0.2, 0.25) is 0 Å². The van der Waals surface area contributed by atoms with Crippen molar-refractivity contribution in [2.24, 2.45) is 0 Å². The maximum absolute atomic E-state index is 12.7. The lowest BCUT2D eigenvalue weighted by molar-refractivity contribution is -0.128. The predicted octanol–water partition coefficient (Wildman–Crippen LogP) is 1.54. The number of hydrogen-bond acceptors (Lipinski definition) is 5. The van der Waals surface area contributed by atoms with Gasteiger partial charge in [0.1, 0.15) is 11.3 Å². The Balaban J connectivity index is 1.73. The van der Waals surface area contributed by atoms with E-state index in [1.54, 1.807) is 23.1 Å². The molecular formula is C20H23N3O5. The summed E-state index contributed by atoms with van der Waals surface area (Å²) in [5.41, 5.74) is 0.0934. The van der Waals surface area contributed by atoms with Crippen LogP contribution < -0.4 is 15.4 Å². The second-order valence-electron chi connectivity index (χ2n) is 6.94. The highest BCUT2D eigenvalue weighted by Crippen LogP contribution is 2.29. The van der Waals surface area contributed by atoms with Gasteiger partial charge in [-0.05, 0) is 36.6 Å². The van der Waals surface area contributed by atoms with Crippen molar-refractivity contribution in [2.45, 2.75) is 38.3 Å². The molecule has 8 nitrogen and oxygen atoms in total. The minimum absolute atomic E-state index is 0.146. The van der Waals surface area contributed by atoms with Crippen LogP contribution in [0.3, 0.4) is 0 Å². The fourth-order valence-electron chi connectivity index (χ4n) is 3.50. The zero-order valence-electron chi connectivity index (χ0n) is 15.9. The SMILES string of the molecule is CC/C=C\C(=O)CC1(CCN2Cc3ccc(OC)cc3C2=O)NC(=O)NC1=O. The Morgan fingerprint density at radius 1 is 1.32 bits per heavy atom. The number of benzene rings is 1. The summed E-state index contributed by atoms with van der Waals surface area (Å²) in [6.07, 6.45) is 3.82. The molecule has 2 N–H and O–H groups in total. The first-order valence-electron chi connectivity index (χ1n) is 9.17. The molecule has 1 saturated heterocycles. The largest absolute Gasteiger partial charge is 0.497 e. The Bertz CT molecular complexity index is 863. The highest BCUT2D eigenvalue weighted by molar-refractivity contribution is 6.10. The van der Waals surface area contributed by atoms with E-state index in [9.17, 15) is 19.2 Å². The lowest BCUT2D eigenvalue weighted by atomic mass is 9.88. The molecule has 3 rings (SSSR count). The number of hydrogen-bond donors (Lipinski definition) is 2. The van der Waals surface area contributed by atoms with E-state index >= 15 is 0 Å². The van der Waals surface area contributed by atoms with E-state index in [0.29, 0.717) is 24.3 Å². The second kappa shape index (κ2) is 7.84. The topological polar surface area (TPSA) is 105 Å². The molecular weight excluding hydrogens is 362 g/mol. The average molecular weight is 385 g/mol. The molecule has 0 aromatic heterocycles. The van der Waals surface area contributed by atoms with Gasteiger partial charge in [-0.25, -0.2) is 4.79 Å². The first-order valence-corrected chi connectivity index (χ1v) is 9.17. The lowest BCUT2D eigenvalue weighted by Gasteiger charge is -2.27. The van der Waals surface area contributed by atoms with Crippen molar-refractivity contribution in [3.05, 3.63) is 41.5 Å². The molecule has 8 heteroatoms. The molecule has 2 aliphatic heterocycles. The molecule has 28 heavy (non-hydrogen) atoms. The molecule has 4 amide bonds. The molecule has 0 bridgehead atoms. The van der Waals surface area contributed by atoms with Gasteiger partial charge in [0.25, 0.3) is 11.8 Å². The summed E-state index contributed by atoms with van der Waals surface area (Å²) in [6, 6.07) is 4.69. The molecule has 1 unspecified atom stereocenters. The fraction of sp³-hybridized carbons (Fsp3) is 0.400. The van der Waals surface area contributed by atoms with Gasteiger partial charge in [-0.1, -0.05) is 19.1 Å². The van der Waals surface area contributed by atoms with E-state index in [4.69, 9.17) is 4.74 Å². The summed E-state index contributed by atoms with van der Waals surface area (Å²) in [4.78, 5) is 50.6. The summed E-state index contributed by atoms with van der Waals surface area (Å²) in [7, 11) is 1.54. The van der Waals surface area contributed by atoms with Gasteiger partial charge >= 0.3 is 6.03 Å². The van der Waals surface area contributed by atoms with Crippen molar-refractivity contribution in [3.8, 4) is 5.75 Å². The summed E-state index contributed by atoms with van der Waals surface area (Å²) >= 11 is 0. The lowest BCUT2D eigenvalue weighted by Crippen LogP contribution is -2.50. The summed E-state index contributed by atoms with van der Waals surface area (Å²) in [5.74, 6) is -0.353. The molecule has 0 aliphatic carbocycles. The van der Waals surface area contributed by atoms with Gasteiger partial charge in [-0.2, -0.15) is 0 Å². The molecule has 0 spiro atoms. The van der Waals surface area contributed by atoms with E-state index < -0.39 is 17.5 Å². The van der Waals surface area contributed by atoms with Gasteiger partial charge in [-0.15, -0.1) is 0 Å². The number of nitrogens with zero attached hydrogens (tertiary/aromatic N) is 1. The molecule has 2 heterocycles. The molecule has 148 valence electrons. The van der Waals surface area contributed by atoms with Crippen LogP contribution >= 0.6 is 0 Å². The first kappa shape index (κ1) is 19.6.